The molecule has 1 fully saturated rings. The molecule has 0 spiro atoms. The number of likely N-dealkylation sites (tertiary alicyclic amines) is 1. The number of aliphatic hydroxyl groups is 1. The summed E-state index contributed by atoms with van der Waals surface area (Å²) in [6.45, 7) is 1.80. The van der Waals surface area contributed by atoms with Crippen LogP contribution in [0.2, 0.25) is 0 Å². The van der Waals surface area contributed by atoms with E-state index in [1.165, 1.54) is 6.07 Å². The molecule has 4 rings (SSSR count). The molecule has 1 aromatic heterocycles. The first-order valence-electron chi connectivity index (χ1n) is 9.91. The van der Waals surface area contributed by atoms with Crippen molar-refractivity contribution in [2.75, 3.05) is 20.1 Å². The van der Waals surface area contributed by atoms with Crippen LogP contribution in [0, 0.1) is 5.92 Å². The summed E-state index contributed by atoms with van der Waals surface area (Å²) in [7, 11) is 2.03. The van der Waals surface area contributed by atoms with E-state index in [0.29, 0.717) is 17.8 Å². The zero-order chi connectivity index (χ0) is 20.8. The van der Waals surface area contributed by atoms with Crippen LogP contribution in [0.15, 0.2) is 18.2 Å². The summed E-state index contributed by atoms with van der Waals surface area (Å²) in [4.78, 5) is 2.19. The molecule has 1 aliphatic heterocycles. The molecule has 0 amide bonds. The van der Waals surface area contributed by atoms with Gasteiger partial charge in [-0.3, -0.25) is 0 Å². The van der Waals surface area contributed by atoms with E-state index >= 15 is 0 Å². The minimum absolute atomic E-state index is 0.0815. The Morgan fingerprint density at radius 1 is 1.14 bits per heavy atom. The van der Waals surface area contributed by atoms with E-state index in [-0.39, 0.29) is 11.5 Å². The second-order valence-corrected chi connectivity index (χ2v) is 8.08. The van der Waals surface area contributed by atoms with Crippen molar-refractivity contribution in [1.29, 1.82) is 0 Å². The zero-order valence-electron chi connectivity index (χ0n) is 16.2. The molecule has 29 heavy (non-hydrogen) atoms. The number of piperidine rings is 1. The lowest BCUT2D eigenvalue weighted by atomic mass is 9.88. The van der Waals surface area contributed by atoms with Crippen molar-refractivity contribution in [3.05, 3.63) is 40.6 Å². The molecule has 0 radical (unpaired) electrons. The predicted octanol–water partition coefficient (Wildman–Crippen LogP) is 3.73. The first-order valence-corrected chi connectivity index (χ1v) is 9.91. The molecule has 2 aliphatic rings. The highest BCUT2D eigenvalue weighted by Gasteiger charge is 2.34. The number of rotatable bonds is 3. The van der Waals surface area contributed by atoms with E-state index in [9.17, 15) is 23.4 Å². The van der Waals surface area contributed by atoms with Crippen molar-refractivity contribution in [1.82, 2.24) is 15.1 Å². The van der Waals surface area contributed by atoms with Crippen molar-refractivity contribution in [2.24, 2.45) is 5.92 Å². The molecule has 2 N–H and O–H groups in total. The highest BCUT2D eigenvalue weighted by molar-refractivity contribution is 5.71. The maximum absolute atomic E-state index is 12.9. The van der Waals surface area contributed by atoms with Crippen LogP contribution in [0.1, 0.15) is 47.8 Å². The SMILES string of the molecule is CN1CCC[C@H]([C@@H](O)c2nnc(-c3ccc(C(F)(F)F)cc3O)c3c2CCC3)C1. The fourth-order valence-corrected chi connectivity index (χ4v) is 4.56. The van der Waals surface area contributed by atoms with Crippen molar-refractivity contribution >= 4 is 0 Å². The lowest BCUT2D eigenvalue weighted by Crippen LogP contribution is -2.35. The Kier molecular flexibility index (Phi) is 5.25. The number of hydrogen-bond donors (Lipinski definition) is 2. The maximum Gasteiger partial charge on any atom is 0.416 e. The van der Waals surface area contributed by atoms with Crippen molar-refractivity contribution < 1.29 is 23.4 Å². The van der Waals surface area contributed by atoms with Crippen LogP contribution in [-0.4, -0.2) is 45.4 Å². The topological polar surface area (TPSA) is 69.5 Å². The van der Waals surface area contributed by atoms with Crippen LogP contribution in [0.3, 0.4) is 0 Å². The zero-order valence-corrected chi connectivity index (χ0v) is 16.2. The standard InChI is InChI=1S/C21H24F3N3O2/c1-27-9-3-4-12(11-27)20(29)19-15-6-2-5-14(15)18(25-26-19)16-8-7-13(10-17(16)28)21(22,23)24/h7-8,10,12,20,28-29H,2-6,9,11H2,1H3/t12-,20+/m0/s1. The van der Waals surface area contributed by atoms with Crippen molar-refractivity contribution in [3.63, 3.8) is 0 Å². The molecule has 1 aliphatic carbocycles. The largest absolute Gasteiger partial charge is 0.507 e. The molecule has 5 nitrogen and oxygen atoms in total. The number of nitrogens with zero attached hydrogens (tertiary/aromatic N) is 3. The van der Waals surface area contributed by atoms with Gasteiger partial charge in [-0.05, 0) is 75.0 Å². The third kappa shape index (κ3) is 3.83. The molecule has 0 bridgehead atoms. The number of phenols is 1. The van der Waals surface area contributed by atoms with Crippen LogP contribution >= 0.6 is 0 Å². The summed E-state index contributed by atoms with van der Waals surface area (Å²) < 4.78 is 38.7. The summed E-state index contributed by atoms with van der Waals surface area (Å²) in [6, 6.07) is 2.91. The lowest BCUT2D eigenvalue weighted by molar-refractivity contribution is -0.137. The average molecular weight is 407 g/mol. The Morgan fingerprint density at radius 3 is 2.59 bits per heavy atom. The number of fused-ring (bicyclic) bond motifs is 1. The number of aromatic hydroxyl groups is 1. The minimum atomic E-state index is -4.52. The molecule has 1 aromatic carbocycles. The third-order valence-electron chi connectivity index (χ3n) is 6.04. The number of aromatic nitrogens is 2. The quantitative estimate of drug-likeness (QED) is 0.812. The van der Waals surface area contributed by atoms with Gasteiger partial charge < -0.3 is 15.1 Å². The Labute approximate surface area is 167 Å². The Hall–Kier alpha value is -2.19. The van der Waals surface area contributed by atoms with E-state index in [1.54, 1.807) is 0 Å². The average Bonchev–Trinajstić information content (AvgIpc) is 3.16. The maximum atomic E-state index is 12.9. The van der Waals surface area contributed by atoms with E-state index in [2.05, 4.69) is 15.1 Å². The molecule has 0 saturated carbocycles. The monoisotopic (exact) mass is 407 g/mol. The van der Waals surface area contributed by atoms with Gasteiger partial charge in [0.1, 0.15) is 17.5 Å². The van der Waals surface area contributed by atoms with Crippen LogP contribution in [0.5, 0.6) is 5.75 Å². The summed E-state index contributed by atoms with van der Waals surface area (Å²) in [5.41, 5.74) is 2.11. The molecule has 2 atom stereocenters. The summed E-state index contributed by atoms with van der Waals surface area (Å²) in [6.07, 6.45) is -0.993. The van der Waals surface area contributed by atoms with Gasteiger partial charge in [-0.15, -0.1) is 5.10 Å². The van der Waals surface area contributed by atoms with Gasteiger partial charge in [0.2, 0.25) is 0 Å². The molecule has 1 saturated heterocycles. The summed E-state index contributed by atoms with van der Waals surface area (Å²) in [5.74, 6) is -0.386. The smallest absolute Gasteiger partial charge is 0.416 e. The van der Waals surface area contributed by atoms with Gasteiger partial charge in [0.05, 0.1) is 11.3 Å². The van der Waals surface area contributed by atoms with Crippen LogP contribution in [0.25, 0.3) is 11.3 Å². The second-order valence-electron chi connectivity index (χ2n) is 8.08. The number of aliphatic hydroxyl groups excluding tert-OH is 1. The molecular weight excluding hydrogens is 383 g/mol. The van der Waals surface area contributed by atoms with E-state index in [0.717, 1.165) is 62.0 Å². The van der Waals surface area contributed by atoms with Crippen LogP contribution < -0.4 is 0 Å². The number of hydrogen-bond acceptors (Lipinski definition) is 5. The third-order valence-corrected chi connectivity index (χ3v) is 6.04. The first-order chi connectivity index (χ1) is 13.8. The molecule has 8 heteroatoms. The molecule has 0 unspecified atom stereocenters. The van der Waals surface area contributed by atoms with Crippen molar-refractivity contribution in [3.8, 4) is 17.0 Å². The highest BCUT2D eigenvalue weighted by Crippen LogP contribution is 2.41. The molecule has 2 aromatic rings. The fourth-order valence-electron chi connectivity index (χ4n) is 4.56. The van der Waals surface area contributed by atoms with Crippen LogP contribution in [-0.2, 0) is 19.0 Å². The van der Waals surface area contributed by atoms with Crippen LogP contribution in [0.4, 0.5) is 13.2 Å². The van der Waals surface area contributed by atoms with Gasteiger partial charge in [0.25, 0.3) is 0 Å². The molecule has 2 heterocycles. The highest BCUT2D eigenvalue weighted by atomic mass is 19.4. The normalized spacial score (nSPS) is 21.2. The van der Waals surface area contributed by atoms with Gasteiger partial charge in [-0.2, -0.15) is 18.3 Å². The molecule has 156 valence electrons. The predicted molar refractivity (Wildman–Crippen MR) is 101 cm³/mol. The number of benzene rings is 1. The van der Waals surface area contributed by atoms with E-state index in [1.807, 2.05) is 7.05 Å². The Balaban J connectivity index is 1.70. The Morgan fingerprint density at radius 2 is 1.90 bits per heavy atom. The number of halogens is 3. The first kappa shape index (κ1) is 20.1. The van der Waals surface area contributed by atoms with Crippen molar-refractivity contribution in [2.45, 2.75) is 44.4 Å². The van der Waals surface area contributed by atoms with E-state index < -0.39 is 23.6 Å². The Bertz CT molecular complexity index is 917. The second kappa shape index (κ2) is 7.57. The summed E-state index contributed by atoms with van der Waals surface area (Å²) >= 11 is 0. The van der Waals surface area contributed by atoms with Gasteiger partial charge in [-0.1, -0.05) is 0 Å². The molecular formula is C21H24F3N3O2. The van der Waals surface area contributed by atoms with Gasteiger partial charge >= 0.3 is 6.18 Å². The minimum Gasteiger partial charge on any atom is -0.507 e. The lowest BCUT2D eigenvalue weighted by Gasteiger charge is -2.33. The van der Waals surface area contributed by atoms with Gasteiger partial charge in [0.15, 0.2) is 0 Å². The number of phenolic OH excluding ortho intramolecular Hbond substituents is 1. The fraction of sp³-hybridized carbons (Fsp3) is 0.524. The number of alkyl halides is 3. The van der Waals surface area contributed by atoms with Gasteiger partial charge in [-0.25, -0.2) is 0 Å². The van der Waals surface area contributed by atoms with E-state index in [4.69, 9.17) is 0 Å². The van der Waals surface area contributed by atoms with Gasteiger partial charge in [0, 0.05) is 18.0 Å². The summed E-state index contributed by atoms with van der Waals surface area (Å²) in [5, 5.41) is 29.7.